The molecule has 5 N–H and O–H groups in total. The van der Waals surface area contributed by atoms with Gasteiger partial charge in [-0.25, -0.2) is 0 Å². The lowest BCUT2D eigenvalue weighted by molar-refractivity contribution is -0.130. The molecule has 0 saturated heterocycles. The van der Waals surface area contributed by atoms with Crippen molar-refractivity contribution in [1.29, 1.82) is 0 Å². The normalized spacial score (nSPS) is 15.5. The molecule has 0 aliphatic heterocycles. The van der Waals surface area contributed by atoms with Gasteiger partial charge in [-0.1, -0.05) is 27.7 Å². The van der Waals surface area contributed by atoms with Gasteiger partial charge in [0, 0.05) is 12.8 Å². The average Bonchev–Trinajstić information content (AvgIpc) is 2.35. The van der Waals surface area contributed by atoms with Gasteiger partial charge in [-0.3, -0.25) is 14.4 Å². The molecule has 0 saturated carbocycles. The Kier molecular flexibility index (Phi) is 9.13. The van der Waals surface area contributed by atoms with Gasteiger partial charge in [0.2, 0.25) is 5.91 Å². The number of amides is 1. The molecule has 1 amide bonds. The maximum atomic E-state index is 12.1. The number of hydrogen-bond donors (Lipinski definition) is 3. The zero-order chi connectivity index (χ0) is 17.4. The fourth-order valence-corrected chi connectivity index (χ4v) is 2.17. The second kappa shape index (κ2) is 9.69. The molecule has 0 heterocycles. The van der Waals surface area contributed by atoms with E-state index in [1.807, 2.05) is 27.7 Å². The molecule has 0 aromatic heterocycles. The molecule has 0 bridgehead atoms. The summed E-state index contributed by atoms with van der Waals surface area (Å²) in [5, 5.41) is 2.62. The number of carbonyl (C=O) groups excluding carboxylic acids is 3. The van der Waals surface area contributed by atoms with E-state index in [1.165, 1.54) is 0 Å². The molecular weight excluding hydrogens is 282 g/mol. The highest BCUT2D eigenvalue weighted by Gasteiger charge is 2.26. The van der Waals surface area contributed by atoms with E-state index in [-0.39, 0.29) is 29.8 Å². The minimum absolute atomic E-state index is 0.0862. The predicted molar refractivity (Wildman–Crippen MR) is 87.1 cm³/mol. The van der Waals surface area contributed by atoms with Crippen molar-refractivity contribution in [2.45, 2.75) is 72.0 Å². The third-order valence-corrected chi connectivity index (χ3v) is 3.32. The van der Waals surface area contributed by atoms with Crippen LogP contribution in [-0.4, -0.2) is 35.6 Å². The van der Waals surface area contributed by atoms with Crippen LogP contribution in [0.4, 0.5) is 0 Å². The molecule has 0 radical (unpaired) electrons. The van der Waals surface area contributed by atoms with Crippen LogP contribution in [0.25, 0.3) is 0 Å². The van der Waals surface area contributed by atoms with Crippen LogP contribution in [0.3, 0.4) is 0 Å². The number of hydrogen-bond acceptors (Lipinski definition) is 5. The lowest BCUT2D eigenvalue weighted by Gasteiger charge is -2.19. The van der Waals surface area contributed by atoms with Gasteiger partial charge in [0.15, 0.2) is 11.6 Å². The molecule has 22 heavy (non-hydrogen) atoms. The quantitative estimate of drug-likeness (QED) is 0.551. The standard InChI is InChI=1S/C16H31N3O3/c1-9(2)6-12(17)14(20)8-13(18)16(22)11(5)19-15(21)7-10(3)4/h9-13H,6-8,17-18H2,1-5H3,(H,19,21). The summed E-state index contributed by atoms with van der Waals surface area (Å²) in [4.78, 5) is 35.7. The number of ketones is 2. The number of rotatable bonds is 10. The number of nitrogens with two attached hydrogens (primary N) is 2. The summed E-state index contributed by atoms with van der Waals surface area (Å²) in [7, 11) is 0. The molecule has 0 spiro atoms. The van der Waals surface area contributed by atoms with E-state index < -0.39 is 18.1 Å². The Morgan fingerprint density at radius 2 is 1.41 bits per heavy atom. The van der Waals surface area contributed by atoms with Crippen LogP contribution in [0, 0.1) is 11.8 Å². The van der Waals surface area contributed by atoms with Gasteiger partial charge in [-0.2, -0.15) is 0 Å². The fraction of sp³-hybridized carbons (Fsp3) is 0.812. The maximum absolute atomic E-state index is 12.1. The maximum Gasteiger partial charge on any atom is 0.220 e. The largest absolute Gasteiger partial charge is 0.347 e. The average molecular weight is 313 g/mol. The molecule has 3 atom stereocenters. The van der Waals surface area contributed by atoms with Crippen LogP contribution in [0.5, 0.6) is 0 Å². The molecule has 0 aliphatic carbocycles. The van der Waals surface area contributed by atoms with Crippen molar-refractivity contribution < 1.29 is 14.4 Å². The number of carbonyl (C=O) groups is 3. The highest BCUT2D eigenvalue weighted by molar-refractivity contribution is 5.96. The molecule has 128 valence electrons. The zero-order valence-electron chi connectivity index (χ0n) is 14.4. The fourth-order valence-electron chi connectivity index (χ4n) is 2.17. The Morgan fingerprint density at radius 1 is 0.864 bits per heavy atom. The monoisotopic (exact) mass is 313 g/mol. The van der Waals surface area contributed by atoms with Crippen molar-refractivity contribution in [3.63, 3.8) is 0 Å². The van der Waals surface area contributed by atoms with Gasteiger partial charge < -0.3 is 16.8 Å². The van der Waals surface area contributed by atoms with Crippen molar-refractivity contribution in [3.05, 3.63) is 0 Å². The first-order valence-corrected chi connectivity index (χ1v) is 7.91. The van der Waals surface area contributed by atoms with Gasteiger partial charge in [0.1, 0.15) is 0 Å². The highest BCUT2D eigenvalue weighted by atomic mass is 16.2. The first kappa shape index (κ1) is 20.7. The number of nitrogens with one attached hydrogen (secondary N) is 1. The summed E-state index contributed by atoms with van der Waals surface area (Å²) in [6.45, 7) is 9.38. The van der Waals surface area contributed by atoms with E-state index in [0.29, 0.717) is 18.8 Å². The first-order valence-electron chi connectivity index (χ1n) is 7.91. The Labute approximate surface area is 133 Å². The highest BCUT2D eigenvalue weighted by Crippen LogP contribution is 2.07. The summed E-state index contributed by atoms with van der Waals surface area (Å²) >= 11 is 0. The van der Waals surface area contributed by atoms with Gasteiger partial charge in [0.25, 0.3) is 0 Å². The topological polar surface area (TPSA) is 115 Å². The van der Waals surface area contributed by atoms with Crippen LogP contribution in [0.1, 0.15) is 53.9 Å². The van der Waals surface area contributed by atoms with Crippen molar-refractivity contribution in [2.75, 3.05) is 0 Å². The van der Waals surface area contributed by atoms with Gasteiger partial charge in [-0.15, -0.1) is 0 Å². The predicted octanol–water partition coefficient (Wildman–Crippen LogP) is 0.766. The van der Waals surface area contributed by atoms with Crippen LogP contribution in [0.2, 0.25) is 0 Å². The van der Waals surface area contributed by atoms with Crippen LogP contribution in [-0.2, 0) is 14.4 Å². The second-order valence-corrected chi connectivity index (χ2v) is 6.80. The summed E-state index contributed by atoms with van der Waals surface area (Å²) in [6.07, 6.45) is 0.836. The van der Waals surface area contributed by atoms with E-state index in [4.69, 9.17) is 11.5 Å². The third-order valence-electron chi connectivity index (χ3n) is 3.32. The van der Waals surface area contributed by atoms with E-state index >= 15 is 0 Å². The SMILES string of the molecule is CC(C)CC(=O)NC(C)C(=O)C(N)CC(=O)C(N)CC(C)C. The third kappa shape index (κ3) is 8.24. The summed E-state index contributed by atoms with van der Waals surface area (Å²) in [6, 6.07) is -2.22. The smallest absolute Gasteiger partial charge is 0.220 e. The molecule has 0 aliphatic rings. The van der Waals surface area contributed by atoms with Crippen molar-refractivity contribution in [3.8, 4) is 0 Å². The van der Waals surface area contributed by atoms with Crippen molar-refractivity contribution in [2.24, 2.45) is 23.3 Å². The second-order valence-electron chi connectivity index (χ2n) is 6.80. The van der Waals surface area contributed by atoms with Crippen LogP contribution >= 0.6 is 0 Å². The lowest BCUT2D eigenvalue weighted by Crippen LogP contribution is -2.48. The Hall–Kier alpha value is -1.27. The summed E-state index contributed by atoms with van der Waals surface area (Å²) < 4.78 is 0. The van der Waals surface area contributed by atoms with Crippen molar-refractivity contribution >= 4 is 17.5 Å². The van der Waals surface area contributed by atoms with Crippen molar-refractivity contribution in [1.82, 2.24) is 5.32 Å². The van der Waals surface area contributed by atoms with Gasteiger partial charge in [0.05, 0.1) is 18.1 Å². The molecule has 6 nitrogen and oxygen atoms in total. The van der Waals surface area contributed by atoms with Gasteiger partial charge in [-0.05, 0) is 25.2 Å². The molecule has 0 aromatic carbocycles. The zero-order valence-corrected chi connectivity index (χ0v) is 14.4. The summed E-state index contributed by atoms with van der Waals surface area (Å²) in [5.74, 6) is -0.227. The number of Topliss-reactive ketones (excluding diaryl/α,β-unsaturated/α-hetero) is 2. The van der Waals surface area contributed by atoms with Crippen LogP contribution < -0.4 is 16.8 Å². The molecule has 3 unspecified atom stereocenters. The minimum atomic E-state index is -0.930. The van der Waals surface area contributed by atoms with E-state index in [9.17, 15) is 14.4 Å². The molecular formula is C16H31N3O3. The molecule has 0 fully saturated rings. The molecule has 0 rings (SSSR count). The van der Waals surface area contributed by atoms with E-state index in [0.717, 1.165) is 0 Å². The Balaban J connectivity index is 4.41. The minimum Gasteiger partial charge on any atom is -0.347 e. The molecule has 6 heteroatoms. The Morgan fingerprint density at radius 3 is 1.86 bits per heavy atom. The van der Waals surface area contributed by atoms with E-state index in [1.54, 1.807) is 6.92 Å². The first-order chi connectivity index (χ1) is 10.0. The van der Waals surface area contributed by atoms with Crippen LogP contribution in [0.15, 0.2) is 0 Å². The molecule has 0 aromatic rings. The van der Waals surface area contributed by atoms with Gasteiger partial charge >= 0.3 is 0 Å². The Bertz CT molecular complexity index is 394. The summed E-state index contributed by atoms with van der Waals surface area (Å²) in [5.41, 5.74) is 11.6. The lowest BCUT2D eigenvalue weighted by atomic mass is 9.94. The van der Waals surface area contributed by atoms with E-state index in [2.05, 4.69) is 5.32 Å².